The molecular weight excluding hydrogens is 286 g/mol. The molecule has 2 heterocycles. The molecule has 0 bridgehead atoms. The molecule has 1 aliphatic heterocycles. The molecule has 0 aliphatic carbocycles. The fourth-order valence-corrected chi connectivity index (χ4v) is 4.76. The van der Waals surface area contributed by atoms with Gasteiger partial charge in [0.2, 0.25) is 0 Å². The minimum atomic E-state index is -2.83. The van der Waals surface area contributed by atoms with E-state index in [0.717, 1.165) is 31.5 Å². The molecular formula is C15H27N3O2S. The lowest BCUT2D eigenvalue weighted by molar-refractivity contribution is 0.374. The third-order valence-electron chi connectivity index (χ3n) is 4.11. The lowest BCUT2D eigenvalue weighted by Crippen LogP contribution is -2.39. The van der Waals surface area contributed by atoms with Gasteiger partial charge in [-0.3, -0.25) is 4.68 Å². The molecule has 1 fully saturated rings. The molecule has 1 aliphatic rings. The van der Waals surface area contributed by atoms with Gasteiger partial charge in [0.15, 0.2) is 9.84 Å². The van der Waals surface area contributed by atoms with Gasteiger partial charge in [-0.15, -0.1) is 0 Å². The van der Waals surface area contributed by atoms with Gasteiger partial charge < -0.3 is 5.32 Å². The Morgan fingerprint density at radius 2 is 2.24 bits per heavy atom. The first-order valence-electron chi connectivity index (χ1n) is 7.89. The molecule has 5 nitrogen and oxygen atoms in total. The van der Waals surface area contributed by atoms with Crippen LogP contribution in [0.5, 0.6) is 0 Å². The minimum absolute atomic E-state index is 0.206. The summed E-state index contributed by atoms with van der Waals surface area (Å²) in [7, 11) is -2.83. The summed E-state index contributed by atoms with van der Waals surface area (Å²) in [6.45, 7) is 7.26. The number of nitrogens with one attached hydrogen (secondary N) is 1. The average molecular weight is 313 g/mol. The molecule has 1 aromatic rings. The lowest BCUT2D eigenvalue weighted by atomic mass is 9.95. The topological polar surface area (TPSA) is 64.0 Å². The van der Waals surface area contributed by atoms with E-state index in [0.29, 0.717) is 17.5 Å². The Bertz CT molecular complexity index is 551. The summed E-state index contributed by atoms with van der Waals surface area (Å²) >= 11 is 0. The summed E-state index contributed by atoms with van der Waals surface area (Å²) in [5, 5.41) is 8.12. The molecule has 21 heavy (non-hydrogen) atoms. The van der Waals surface area contributed by atoms with Crippen LogP contribution in [-0.2, 0) is 16.3 Å². The number of aromatic nitrogens is 2. The van der Waals surface area contributed by atoms with Crippen molar-refractivity contribution in [2.75, 3.05) is 18.1 Å². The molecule has 2 atom stereocenters. The van der Waals surface area contributed by atoms with Crippen molar-refractivity contribution in [3.8, 4) is 0 Å². The van der Waals surface area contributed by atoms with Crippen LogP contribution >= 0.6 is 0 Å². The maximum atomic E-state index is 11.7. The number of hydrogen-bond acceptors (Lipinski definition) is 4. The van der Waals surface area contributed by atoms with Gasteiger partial charge in [0.1, 0.15) is 0 Å². The van der Waals surface area contributed by atoms with E-state index in [2.05, 4.69) is 31.2 Å². The fraction of sp³-hybridized carbons (Fsp3) is 0.800. The van der Waals surface area contributed by atoms with Crippen LogP contribution in [0, 0.1) is 5.92 Å². The van der Waals surface area contributed by atoms with Crippen LogP contribution in [0.25, 0.3) is 0 Å². The maximum absolute atomic E-state index is 11.7. The summed E-state index contributed by atoms with van der Waals surface area (Å²) in [6.07, 6.45) is 4.63. The van der Waals surface area contributed by atoms with Crippen molar-refractivity contribution in [1.29, 1.82) is 0 Å². The zero-order chi connectivity index (χ0) is 15.5. The third kappa shape index (κ3) is 4.54. The number of sulfone groups is 1. The Hall–Kier alpha value is -0.880. The van der Waals surface area contributed by atoms with Gasteiger partial charge in [0, 0.05) is 24.7 Å². The molecule has 6 heteroatoms. The first-order valence-corrected chi connectivity index (χ1v) is 9.71. The first-order chi connectivity index (χ1) is 9.91. The Balaban J connectivity index is 2.05. The second-order valence-electron chi connectivity index (χ2n) is 6.31. The van der Waals surface area contributed by atoms with Crippen molar-refractivity contribution >= 4 is 9.84 Å². The smallest absolute Gasteiger partial charge is 0.150 e. The van der Waals surface area contributed by atoms with Crippen LogP contribution in [0.1, 0.15) is 45.3 Å². The number of rotatable bonds is 7. The summed E-state index contributed by atoms with van der Waals surface area (Å²) in [4.78, 5) is 0. The van der Waals surface area contributed by atoms with E-state index in [1.54, 1.807) is 0 Å². The average Bonchev–Trinajstić information content (AvgIpc) is 3.01. The second-order valence-corrected chi connectivity index (χ2v) is 8.54. The molecule has 0 saturated carbocycles. The van der Waals surface area contributed by atoms with Crippen LogP contribution in [0.15, 0.2) is 12.3 Å². The molecule has 0 aromatic carbocycles. The number of nitrogens with zero attached hydrogens (tertiary/aromatic N) is 2. The van der Waals surface area contributed by atoms with E-state index in [1.807, 2.05) is 16.9 Å². The fourth-order valence-electron chi connectivity index (χ4n) is 2.88. The predicted octanol–water partition coefficient (Wildman–Crippen LogP) is 1.81. The van der Waals surface area contributed by atoms with Gasteiger partial charge in [-0.05, 0) is 45.2 Å². The Kier molecular flexibility index (Phi) is 5.43. The van der Waals surface area contributed by atoms with Crippen molar-refractivity contribution in [2.45, 2.75) is 52.1 Å². The molecule has 2 rings (SSSR count). The van der Waals surface area contributed by atoms with Crippen molar-refractivity contribution in [3.63, 3.8) is 0 Å². The van der Waals surface area contributed by atoms with Gasteiger partial charge in [-0.1, -0.05) is 6.92 Å². The van der Waals surface area contributed by atoms with Crippen LogP contribution in [0.3, 0.4) is 0 Å². The Labute approximate surface area is 128 Å². The van der Waals surface area contributed by atoms with E-state index in [1.165, 1.54) is 0 Å². The Morgan fingerprint density at radius 3 is 2.76 bits per heavy atom. The maximum Gasteiger partial charge on any atom is 0.150 e. The molecule has 0 spiro atoms. The molecule has 1 N–H and O–H groups in total. The van der Waals surface area contributed by atoms with Crippen LogP contribution in [-0.4, -0.2) is 42.3 Å². The van der Waals surface area contributed by atoms with Gasteiger partial charge >= 0.3 is 0 Å². The minimum Gasteiger partial charge on any atom is -0.313 e. The normalized spacial score (nSPS) is 22.8. The molecule has 1 aromatic heterocycles. The molecule has 0 radical (unpaired) electrons. The summed E-state index contributed by atoms with van der Waals surface area (Å²) in [6, 6.07) is 2.61. The van der Waals surface area contributed by atoms with E-state index in [9.17, 15) is 8.42 Å². The summed E-state index contributed by atoms with van der Waals surface area (Å²) in [5.74, 6) is 0.868. The highest BCUT2D eigenvalue weighted by atomic mass is 32.2. The van der Waals surface area contributed by atoms with Gasteiger partial charge in [-0.2, -0.15) is 5.10 Å². The molecule has 120 valence electrons. The van der Waals surface area contributed by atoms with Gasteiger partial charge in [-0.25, -0.2) is 8.42 Å². The van der Waals surface area contributed by atoms with Gasteiger partial charge in [0.25, 0.3) is 0 Å². The van der Waals surface area contributed by atoms with E-state index in [4.69, 9.17) is 0 Å². The van der Waals surface area contributed by atoms with E-state index in [-0.39, 0.29) is 12.0 Å². The quantitative estimate of drug-likeness (QED) is 0.834. The highest BCUT2D eigenvalue weighted by molar-refractivity contribution is 7.91. The summed E-state index contributed by atoms with van der Waals surface area (Å²) in [5.41, 5.74) is 1.04. The lowest BCUT2D eigenvalue weighted by Gasteiger charge is -2.23. The second kappa shape index (κ2) is 6.92. The highest BCUT2D eigenvalue weighted by Crippen LogP contribution is 2.24. The number of hydrogen-bond donors (Lipinski definition) is 1. The SMILES string of the molecule is CCCNC(Cc1ccn(C(C)C)n1)C1CCS(=O)(=O)C1. The van der Waals surface area contributed by atoms with Crippen LogP contribution in [0.2, 0.25) is 0 Å². The van der Waals surface area contributed by atoms with Crippen LogP contribution < -0.4 is 5.32 Å². The van der Waals surface area contributed by atoms with Crippen molar-refractivity contribution in [1.82, 2.24) is 15.1 Å². The standard InChI is InChI=1S/C15H27N3O2S/c1-4-7-16-15(13-6-9-21(19,20)11-13)10-14-5-8-18(17-14)12(2)3/h5,8,12-13,15-16H,4,6-7,9-11H2,1-3H3. The Morgan fingerprint density at radius 1 is 1.48 bits per heavy atom. The molecule has 0 amide bonds. The highest BCUT2D eigenvalue weighted by Gasteiger charge is 2.33. The zero-order valence-corrected chi connectivity index (χ0v) is 14.1. The van der Waals surface area contributed by atoms with Crippen molar-refractivity contribution < 1.29 is 8.42 Å². The predicted molar refractivity (Wildman–Crippen MR) is 85.2 cm³/mol. The van der Waals surface area contributed by atoms with Crippen molar-refractivity contribution in [3.05, 3.63) is 18.0 Å². The zero-order valence-electron chi connectivity index (χ0n) is 13.2. The largest absolute Gasteiger partial charge is 0.313 e. The van der Waals surface area contributed by atoms with E-state index >= 15 is 0 Å². The third-order valence-corrected chi connectivity index (χ3v) is 5.91. The van der Waals surface area contributed by atoms with Crippen LogP contribution in [0.4, 0.5) is 0 Å². The monoisotopic (exact) mass is 313 g/mol. The van der Waals surface area contributed by atoms with E-state index < -0.39 is 9.84 Å². The molecule has 1 saturated heterocycles. The van der Waals surface area contributed by atoms with Crippen molar-refractivity contribution in [2.24, 2.45) is 5.92 Å². The summed E-state index contributed by atoms with van der Waals surface area (Å²) < 4.78 is 25.4. The van der Waals surface area contributed by atoms with Gasteiger partial charge in [0.05, 0.1) is 17.2 Å². The molecule has 2 unspecified atom stereocenters. The first kappa shape index (κ1) is 16.5.